The van der Waals surface area contributed by atoms with E-state index in [9.17, 15) is 0 Å². The summed E-state index contributed by atoms with van der Waals surface area (Å²) in [6.45, 7) is 0.818. The van der Waals surface area contributed by atoms with Crippen LogP contribution in [0.2, 0.25) is 0 Å². The van der Waals surface area contributed by atoms with E-state index in [-0.39, 0.29) is 6.61 Å². The van der Waals surface area contributed by atoms with Crippen molar-refractivity contribution in [2.24, 2.45) is 0 Å². The van der Waals surface area contributed by atoms with Gasteiger partial charge in [-0.05, 0) is 31.4 Å². The molecule has 0 aliphatic rings. The van der Waals surface area contributed by atoms with Gasteiger partial charge in [-0.1, -0.05) is 12.5 Å². The number of hydrogen-bond acceptors (Lipinski definition) is 4. The van der Waals surface area contributed by atoms with Gasteiger partial charge in [0, 0.05) is 6.61 Å². The number of benzene rings is 1. The van der Waals surface area contributed by atoms with Crippen LogP contribution in [0.4, 0.5) is 5.69 Å². The SMILES string of the molecule is N#Cc1c(N)cccc1OCCCCCCO. The van der Waals surface area contributed by atoms with E-state index in [1.807, 2.05) is 6.07 Å². The predicted octanol–water partition coefficient (Wildman–Crippen LogP) is 2.07. The maximum atomic E-state index is 8.93. The van der Waals surface area contributed by atoms with Crippen molar-refractivity contribution >= 4 is 5.69 Å². The van der Waals surface area contributed by atoms with Crippen LogP contribution in [0, 0.1) is 11.3 Å². The highest BCUT2D eigenvalue weighted by Gasteiger charge is 2.05. The maximum Gasteiger partial charge on any atom is 0.139 e. The standard InChI is InChI=1S/C13H18N2O2/c14-10-11-12(15)6-5-7-13(11)17-9-4-2-1-3-8-16/h5-7,16H,1-4,8-9,15H2. The van der Waals surface area contributed by atoms with Crippen molar-refractivity contribution in [2.75, 3.05) is 18.9 Å². The van der Waals surface area contributed by atoms with Crippen molar-refractivity contribution in [1.82, 2.24) is 0 Å². The second-order valence-electron chi connectivity index (χ2n) is 3.82. The molecule has 3 N–H and O–H groups in total. The second-order valence-corrected chi connectivity index (χ2v) is 3.82. The lowest BCUT2D eigenvalue weighted by molar-refractivity contribution is 0.273. The fourth-order valence-corrected chi connectivity index (χ4v) is 1.54. The third kappa shape index (κ3) is 4.33. The summed E-state index contributed by atoms with van der Waals surface area (Å²) >= 11 is 0. The van der Waals surface area contributed by atoms with Gasteiger partial charge >= 0.3 is 0 Å². The molecule has 0 saturated carbocycles. The van der Waals surface area contributed by atoms with Gasteiger partial charge in [0.1, 0.15) is 17.4 Å². The van der Waals surface area contributed by atoms with E-state index in [4.69, 9.17) is 20.8 Å². The molecule has 0 fully saturated rings. The van der Waals surface area contributed by atoms with Gasteiger partial charge in [-0.3, -0.25) is 0 Å². The van der Waals surface area contributed by atoms with Gasteiger partial charge in [0.2, 0.25) is 0 Å². The lowest BCUT2D eigenvalue weighted by atomic mass is 10.2. The normalized spacial score (nSPS) is 9.88. The molecule has 1 aromatic carbocycles. The van der Waals surface area contributed by atoms with Crippen molar-refractivity contribution in [3.05, 3.63) is 23.8 Å². The van der Waals surface area contributed by atoms with Crippen LogP contribution in [0.25, 0.3) is 0 Å². The van der Waals surface area contributed by atoms with Gasteiger partial charge < -0.3 is 15.6 Å². The number of aliphatic hydroxyl groups is 1. The first-order valence-electron chi connectivity index (χ1n) is 5.82. The number of nitriles is 1. The van der Waals surface area contributed by atoms with Crippen molar-refractivity contribution in [1.29, 1.82) is 5.26 Å². The van der Waals surface area contributed by atoms with Gasteiger partial charge in [-0.15, -0.1) is 0 Å². The van der Waals surface area contributed by atoms with E-state index in [0.29, 0.717) is 23.6 Å². The molecule has 1 aromatic rings. The number of ether oxygens (including phenoxy) is 1. The van der Waals surface area contributed by atoms with E-state index < -0.39 is 0 Å². The smallest absolute Gasteiger partial charge is 0.139 e. The Balaban J connectivity index is 2.37. The number of rotatable bonds is 7. The topological polar surface area (TPSA) is 79.3 Å². The van der Waals surface area contributed by atoms with Gasteiger partial charge in [-0.2, -0.15) is 5.26 Å². The van der Waals surface area contributed by atoms with Gasteiger partial charge in [0.25, 0.3) is 0 Å². The minimum atomic E-state index is 0.245. The number of aliphatic hydroxyl groups excluding tert-OH is 1. The Morgan fingerprint density at radius 3 is 2.71 bits per heavy atom. The Hall–Kier alpha value is -1.73. The molecule has 4 heteroatoms. The van der Waals surface area contributed by atoms with Gasteiger partial charge in [0.05, 0.1) is 12.3 Å². The quantitative estimate of drug-likeness (QED) is 0.559. The molecular weight excluding hydrogens is 216 g/mol. The molecule has 0 aromatic heterocycles. The lowest BCUT2D eigenvalue weighted by Gasteiger charge is -2.08. The molecule has 0 radical (unpaired) electrons. The highest BCUT2D eigenvalue weighted by atomic mass is 16.5. The highest BCUT2D eigenvalue weighted by molar-refractivity contribution is 5.60. The number of nitrogen functional groups attached to an aromatic ring is 1. The van der Waals surface area contributed by atoms with E-state index in [1.54, 1.807) is 18.2 Å². The molecule has 92 valence electrons. The predicted molar refractivity (Wildman–Crippen MR) is 66.6 cm³/mol. The average molecular weight is 234 g/mol. The van der Waals surface area contributed by atoms with E-state index in [0.717, 1.165) is 25.7 Å². The highest BCUT2D eigenvalue weighted by Crippen LogP contribution is 2.23. The third-order valence-corrected chi connectivity index (χ3v) is 2.48. The molecular formula is C13H18N2O2. The van der Waals surface area contributed by atoms with Gasteiger partial charge in [-0.25, -0.2) is 0 Å². The first-order valence-corrected chi connectivity index (χ1v) is 5.82. The number of unbranched alkanes of at least 4 members (excludes halogenated alkanes) is 3. The first kappa shape index (κ1) is 13.3. The van der Waals surface area contributed by atoms with Crippen LogP contribution in [0.15, 0.2) is 18.2 Å². The monoisotopic (exact) mass is 234 g/mol. The Labute approximate surface area is 102 Å². The summed E-state index contributed by atoms with van der Waals surface area (Å²) in [4.78, 5) is 0. The molecule has 0 heterocycles. The van der Waals surface area contributed by atoms with Gasteiger partial charge in [0.15, 0.2) is 0 Å². The molecule has 0 aliphatic heterocycles. The maximum absolute atomic E-state index is 8.93. The zero-order valence-corrected chi connectivity index (χ0v) is 9.85. The van der Waals surface area contributed by atoms with Crippen molar-refractivity contribution in [2.45, 2.75) is 25.7 Å². The largest absolute Gasteiger partial charge is 0.492 e. The Bertz CT molecular complexity index is 385. The fourth-order valence-electron chi connectivity index (χ4n) is 1.54. The molecule has 0 unspecified atom stereocenters. The number of hydrogen-bond donors (Lipinski definition) is 2. The van der Waals surface area contributed by atoms with Crippen LogP contribution in [0.5, 0.6) is 5.75 Å². The van der Waals surface area contributed by atoms with Crippen LogP contribution in [0.3, 0.4) is 0 Å². The minimum Gasteiger partial charge on any atom is -0.492 e. The van der Waals surface area contributed by atoms with Crippen LogP contribution in [-0.4, -0.2) is 18.3 Å². The fraction of sp³-hybridized carbons (Fsp3) is 0.462. The molecule has 0 amide bonds. The molecule has 4 nitrogen and oxygen atoms in total. The number of nitrogens with two attached hydrogens (primary N) is 1. The summed E-state index contributed by atoms with van der Waals surface area (Å²) in [5, 5.41) is 17.6. The molecule has 0 bridgehead atoms. The molecule has 0 spiro atoms. The van der Waals surface area contributed by atoms with Crippen LogP contribution < -0.4 is 10.5 Å². The molecule has 0 aliphatic carbocycles. The summed E-state index contributed by atoms with van der Waals surface area (Å²) in [5.74, 6) is 0.551. The average Bonchev–Trinajstić information content (AvgIpc) is 2.34. The Kier molecular flexibility index (Phi) is 5.91. The summed E-state index contributed by atoms with van der Waals surface area (Å²) < 4.78 is 5.52. The Morgan fingerprint density at radius 1 is 1.24 bits per heavy atom. The minimum absolute atomic E-state index is 0.245. The Morgan fingerprint density at radius 2 is 2.00 bits per heavy atom. The summed E-state index contributed by atoms with van der Waals surface area (Å²) in [7, 11) is 0. The first-order chi connectivity index (χ1) is 8.29. The molecule has 0 atom stereocenters. The molecule has 0 saturated heterocycles. The molecule has 17 heavy (non-hydrogen) atoms. The lowest BCUT2D eigenvalue weighted by Crippen LogP contribution is -2.01. The van der Waals surface area contributed by atoms with Crippen LogP contribution in [0.1, 0.15) is 31.2 Å². The van der Waals surface area contributed by atoms with Crippen molar-refractivity contribution < 1.29 is 9.84 Å². The van der Waals surface area contributed by atoms with E-state index in [2.05, 4.69) is 0 Å². The second kappa shape index (κ2) is 7.53. The summed E-state index contributed by atoms with van der Waals surface area (Å²) in [5.41, 5.74) is 6.53. The van der Waals surface area contributed by atoms with Crippen LogP contribution in [-0.2, 0) is 0 Å². The summed E-state index contributed by atoms with van der Waals surface area (Å²) in [6, 6.07) is 7.26. The molecule has 1 rings (SSSR count). The van der Waals surface area contributed by atoms with E-state index >= 15 is 0 Å². The third-order valence-electron chi connectivity index (χ3n) is 2.48. The number of anilines is 1. The van der Waals surface area contributed by atoms with E-state index in [1.165, 1.54) is 0 Å². The van der Waals surface area contributed by atoms with Crippen molar-refractivity contribution in [3.63, 3.8) is 0 Å². The number of nitrogens with zero attached hydrogens (tertiary/aromatic N) is 1. The van der Waals surface area contributed by atoms with Crippen LogP contribution >= 0.6 is 0 Å². The summed E-state index contributed by atoms with van der Waals surface area (Å²) in [6.07, 6.45) is 3.77. The zero-order valence-electron chi connectivity index (χ0n) is 9.85. The van der Waals surface area contributed by atoms with Crippen molar-refractivity contribution in [3.8, 4) is 11.8 Å². The zero-order chi connectivity index (χ0) is 12.5.